The SMILES string of the molecule is Cc1ccc(Nc2nc(N[C@H]3CCCC[C@H]3N)c(F)cc2C(N)=O)cn1. The second-order valence-electron chi connectivity index (χ2n) is 6.59. The van der Waals surface area contributed by atoms with Gasteiger partial charge in [0.25, 0.3) is 5.91 Å². The van der Waals surface area contributed by atoms with Gasteiger partial charge in [0.15, 0.2) is 11.6 Å². The maximum atomic E-state index is 14.5. The molecule has 2 aromatic rings. The molecular formula is C18H23FN6O. The smallest absolute Gasteiger partial charge is 0.252 e. The molecule has 1 saturated carbocycles. The van der Waals surface area contributed by atoms with Gasteiger partial charge in [-0.25, -0.2) is 9.37 Å². The Balaban J connectivity index is 1.90. The number of amides is 1. The van der Waals surface area contributed by atoms with Crippen LogP contribution in [0.2, 0.25) is 0 Å². The standard InChI is InChI=1S/C18H23FN6O/c1-10-6-7-11(9-22-10)23-17-12(16(21)26)8-13(19)18(25-17)24-15-5-3-2-4-14(15)20/h6-9,14-15H,2-5,20H2,1H3,(H2,21,26)(H2,23,24,25)/t14-,15+/m1/s1. The monoisotopic (exact) mass is 358 g/mol. The van der Waals surface area contributed by atoms with Crippen LogP contribution in [0.4, 0.5) is 21.7 Å². The van der Waals surface area contributed by atoms with Crippen LogP contribution in [0.15, 0.2) is 24.4 Å². The predicted octanol–water partition coefficient (Wildman–Crippen LogP) is 2.45. The lowest BCUT2D eigenvalue weighted by atomic mass is 9.91. The van der Waals surface area contributed by atoms with Gasteiger partial charge in [0.2, 0.25) is 0 Å². The summed E-state index contributed by atoms with van der Waals surface area (Å²) in [5, 5.41) is 6.07. The molecule has 138 valence electrons. The van der Waals surface area contributed by atoms with Crippen LogP contribution < -0.4 is 22.1 Å². The highest BCUT2D eigenvalue weighted by Crippen LogP contribution is 2.26. The summed E-state index contributed by atoms with van der Waals surface area (Å²) in [6.45, 7) is 1.87. The van der Waals surface area contributed by atoms with Crippen LogP contribution in [-0.4, -0.2) is 28.0 Å². The van der Waals surface area contributed by atoms with E-state index in [1.54, 1.807) is 12.3 Å². The van der Waals surface area contributed by atoms with Crippen LogP contribution in [0, 0.1) is 12.7 Å². The molecule has 1 aliphatic rings. The molecule has 0 saturated heterocycles. The number of nitrogens with zero attached hydrogens (tertiary/aromatic N) is 2. The second kappa shape index (κ2) is 7.65. The summed E-state index contributed by atoms with van der Waals surface area (Å²) >= 11 is 0. The normalized spacial score (nSPS) is 19.8. The molecule has 0 aromatic carbocycles. The van der Waals surface area contributed by atoms with Crippen LogP contribution in [0.25, 0.3) is 0 Å². The molecule has 1 fully saturated rings. The largest absolute Gasteiger partial charge is 0.365 e. The summed E-state index contributed by atoms with van der Waals surface area (Å²) in [4.78, 5) is 20.1. The minimum absolute atomic E-state index is 0.0263. The number of hydrogen-bond donors (Lipinski definition) is 4. The van der Waals surface area contributed by atoms with Crippen molar-refractivity contribution >= 4 is 23.2 Å². The van der Waals surface area contributed by atoms with Gasteiger partial charge in [-0.1, -0.05) is 12.8 Å². The van der Waals surface area contributed by atoms with Crippen LogP contribution in [0.1, 0.15) is 41.7 Å². The lowest BCUT2D eigenvalue weighted by Crippen LogP contribution is -2.43. The van der Waals surface area contributed by atoms with Crippen molar-refractivity contribution in [2.45, 2.75) is 44.7 Å². The average Bonchev–Trinajstić information content (AvgIpc) is 2.61. The molecule has 7 nitrogen and oxygen atoms in total. The number of anilines is 3. The zero-order valence-corrected chi connectivity index (χ0v) is 14.6. The van der Waals surface area contributed by atoms with Gasteiger partial charge >= 0.3 is 0 Å². The van der Waals surface area contributed by atoms with Gasteiger partial charge in [0, 0.05) is 17.8 Å². The van der Waals surface area contributed by atoms with E-state index in [1.807, 2.05) is 13.0 Å². The number of aryl methyl sites for hydroxylation is 1. The molecule has 6 N–H and O–H groups in total. The fourth-order valence-electron chi connectivity index (χ4n) is 3.07. The topological polar surface area (TPSA) is 119 Å². The average molecular weight is 358 g/mol. The Kier molecular flexibility index (Phi) is 5.32. The van der Waals surface area contributed by atoms with Gasteiger partial charge in [-0.3, -0.25) is 9.78 Å². The molecule has 1 amide bonds. The highest BCUT2D eigenvalue weighted by atomic mass is 19.1. The minimum Gasteiger partial charge on any atom is -0.365 e. The van der Waals surface area contributed by atoms with Gasteiger partial charge in [-0.2, -0.15) is 0 Å². The van der Waals surface area contributed by atoms with Crippen molar-refractivity contribution in [1.82, 2.24) is 9.97 Å². The summed E-state index contributed by atoms with van der Waals surface area (Å²) in [5.41, 5.74) is 12.9. The van der Waals surface area contributed by atoms with E-state index >= 15 is 0 Å². The number of primary amides is 1. The Labute approximate surface area is 151 Å². The number of rotatable bonds is 5. The third-order valence-electron chi connectivity index (χ3n) is 4.56. The van der Waals surface area contributed by atoms with E-state index in [2.05, 4.69) is 20.6 Å². The Bertz CT molecular complexity index is 795. The van der Waals surface area contributed by atoms with E-state index in [4.69, 9.17) is 11.5 Å². The lowest BCUT2D eigenvalue weighted by Gasteiger charge is -2.30. The first-order chi connectivity index (χ1) is 12.4. The van der Waals surface area contributed by atoms with Crippen molar-refractivity contribution in [3.63, 3.8) is 0 Å². The van der Waals surface area contributed by atoms with E-state index in [0.717, 1.165) is 37.4 Å². The van der Waals surface area contributed by atoms with Gasteiger partial charge < -0.3 is 22.1 Å². The number of hydrogen-bond acceptors (Lipinski definition) is 6. The predicted molar refractivity (Wildman–Crippen MR) is 98.8 cm³/mol. The van der Waals surface area contributed by atoms with Crippen LogP contribution in [-0.2, 0) is 0 Å². The molecule has 26 heavy (non-hydrogen) atoms. The number of carbonyl (C=O) groups excluding carboxylic acids is 1. The molecule has 2 atom stereocenters. The molecule has 3 rings (SSSR count). The van der Waals surface area contributed by atoms with Gasteiger partial charge in [-0.15, -0.1) is 0 Å². The maximum absolute atomic E-state index is 14.5. The maximum Gasteiger partial charge on any atom is 0.252 e. The summed E-state index contributed by atoms with van der Waals surface area (Å²) in [7, 11) is 0. The zero-order chi connectivity index (χ0) is 18.7. The Morgan fingerprint density at radius 1 is 1.27 bits per heavy atom. The second-order valence-corrected chi connectivity index (χ2v) is 6.59. The van der Waals surface area contributed by atoms with Crippen LogP contribution in [0.5, 0.6) is 0 Å². The quantitative estimate of drug-likeness (QED) is 0.652. The van der Waals surface area contributed by atoms with E-state index < -0.39 is 11.7 Å². The zero-order valence-electron chi connectivity index (χ0n) is 14.6. The fraction of sp³-hybridized carbons (Fsp3) is 0.389. The van der Waals surface area contributed by atoms with E-state index in [1.165, 1.54) is 0 Å². The van der Waals surface area contributed by atoms with Crippen LogP contribution in [0.3, 0.4) is 0 Å². The Morgan fingerprint density at radius 2 is 2.04 bits per heavy atom. The fourth-order valence-corrected chi connectivity index (χ4v) is 3.07. The Hall–Kier alpha value is -2.74. The molecular weight excluding hydrogens is 335 g/mol. The minimum atomic E-state index is -0.764. The van der Waals surface area contributed by atoms with Crippen molar-refractivity contribution in [2.24, 2.45) is 11.5 Å². The number of aromatic nitrogens is 2. The first-order valence-corrected chi connectivity index (χ1v) is 8.66. The lowest BCUT2D eigenvalue weighted by molar-refractivity contribution is 0.100. The molecule has 1 aliphatic carbocycles. The summed E-state index contributed by atoms with van der Waals surface area (Å²) in [5.74, 6) is -1.17. The third kappa shape index (κ3) is 4.08. The van der Waals surface area contributed by atoms with Crippen molar-refractivity contribution in [3.8, 4) is 0 Å². The first kappa shape index (κ1) is 18.1. The van der Waals surface area contributed by atoms with Crippen molar-refractivity contribution < 1.29 is 9.18 Å². The number of nitrogens with one attached hydrogen (secondary N) is 2. The van der Waals surface area contributed by atoms with Crippen molar-refractivity contribution in [3.05, 3.63) is 41.5 Å². The number of pyridine rings is 2. The summed E-state index contributed by atoms with van der Waals surface area (Å²) in [6, 6.07) is 4.59. The third-order valence-corrected chi connectivity index (χ3v) is 4.56. The molecule has 0 aliphatic heterocycles. The van der Waals surface area contributed by atoms with E-state index in [-0.39, 0.29) is 29.3 Å². The van der Waals surface area contributed by atoms with E-state index in [0.29, 0.717) is 5.69 Å². The van der Waals surface area contributed by atoms with Crippen molar-refractivity contribution in [2.75, 3.05) is 10.6 Å². The van der Waals surface area contributed by atoms with E-state index in [9.17, 15) is 9.18 Å². The van der Waals surface area contributed by atoms with Crippen molar-refractivity contribution in [1.29, 1.82) is 0 Å². The summed E-state index contributed by atoms with van der Waals surface area (Å²) < 4.78 is 14.5. The molecule has 0 unspecified atom stereocenters. The molecule has 2 heterocycles. The number of carbonyl (C=O) groups is 1. The number of nitrogens with two attached hydrogens (primary N) is 2. The highest BCUT2D eigenvalue weighted by molar-refractivity contribution is 5.98. The number of halogens is 1. The molecule has 2 aromatic heterocycles. The highest BCUT2D eigenvalue weighted by Gasteiger charge is 2.24. The molecule has 0 bridgehead atoms. The van der Waals surface area contributed by atoms with Gasteiger partial charge in [-0.05, 0) is 38.0 Å². The molecule has 8 heteroatoms. The first-order valence-electron chi connectivity index (χ1n) is 8.66. The molecule has 0 radical (unpaired) electrons. The summed E-state index contributed by atoms with van der Waals surface area (Å²) in [6.07, 6.45) is 5.45. The van der Waals surface area contributed by atoms with Gasteiger partial charge in [0.1, 0.15) is 5.82 Å². The molecule has 0 spiro atoms. The van der Waals surface area contributed by atoms with Gasteiger partial charge in [0.05, 0.1) is 17.4 Å². The Morgan fingerprint density at radius 3 is 2.69 bits per heavy atom. The van der Waals surface area contributed by atoms with Crippen LogP contribution >= 0.6 is 0 Å².